The molecule has 8 heteroatoms. The Morgan fingerprint density at radius 2 is 1.92 bits per heavy atom. The molecule has 1 amide bonds. The van der Waals surface area contributed by atoms with Crippen molar-refractivity contribution in [3.63, 3.8) is 0 Å². The minimum absolute atomic E-state index is 0.107. The maximum Gasteiger partial charge on any atom is 0.397 e. The minimum Gasteiger partial charge on any atom is -0.497 e. The van der Waals surface area contributed by atoms with Gasteiger partial charge in [-0.15, -0.1) is 11.3 Å². The normalized spacial score (nSPS) is 25.6. The van der Waals surface area contributed by atoms with E-state index in [1.165, 1.54) is 22.5 Å². The zero-order valence-corrected chi connectivity index (χ0v) is 22.1. The number of anilines is 1. The summed E-state index contributed by atoms with van der Waals surface area (Å²) in [6.45, 7) is 6.03. The van der Waals surface area contributed by atoms with Crippen LogP contribution in [0.1, 0.15) is 77.9 Å². The molecule has 1 saturated carbocycles. The summed E-state index contributed by atoms with van der Waals surface area (Å²) in [5, 5.41) is 3.04. The fourth-order valence-corrected chi connectivity index (χ4v) is 8.33. The number of ether oxygens (including phenoxy) is 3. The van der Waals surface area contributed by atoms with Gasteiger partial charge in [-0.2, -0.15) is 0 Å². The van der Waals surface area contributed by atoms with E-state index in [0.717, 1.165) is 48.3 Å². The molecule has 1 aromatic carbocycles. The third kappa shape index (κ3) is 3.90. The van der Waals surface area contributed by atoms with Crippen molar-refractivity contribution in [3.8, 4) is 5.75 Å². The van der Waals surface area contributed by atoms with Gasteiger partial charge in [0.05, 0.1) is 25.9 Å². The number of amides is 1. The number of aryl methyl sites for hydroxylation is 1. The van der Waals surface area contributed by atoms with Crippen molar-refractivity contribution in [2.24, 2.45) is 11.8 Å². The van der Waals surface area contributed by atoms with Gasteiger partial charge in [0.2, 0.25) is 0 Å². The highest BCUT2D eigenvalue weighted by atomic mass is 32.1. The van der Waals surface area contributed by atoms with Crippen molar-refractivity contribution in [1.82, 2.24) is 0 Å². The Kier molecular flexibility index (Phi) is 6.57. The van der Waals surface area contributed by atoms with E-state index in [1.807, 2.05) is 0 Å². The molecule has 1 N–H and O–H groups in total. The van der Waals surface area contributed by atoms with Gasteiger partial charge in [-0.05, 0) is 97.9 Å². The van der Waals surface area contributed by atoms with E-state index in [4.69, 9.17) is 14.2 Å². The smallest absolute Gasteiger partial charge is 0.397 e. The van der Waals surface area contributed by atoms with Gasteiger partial charge in [0.25, 0.3) is 0 Å². The number of rotatable bonds is 5. The fourth-order valence-electron chi connectivity index (χ4n) is 6.96. The highest BCUT2D eigenvalue weighted by Crippen LogP contribution is 2.63. The van der Waals surface area contributed by atoms with Gasteiger partial charge in [-0.1, -0.05) is 13.0 Å². The van der Waals surface area contributed by atoms with Crippen LogP contribution in [0.25, 0.3) is 0 Å². The summed E-state index contributed by atoms with van der Waals surface area (Å²) in [5.74, 6) is 0.0787. The molecule has 3 aliphatic rings. The van der Waals surface area contributed by atoms with Crippen LogP contribution in [0.15, 0.2) is 18.2 Å². The molecule has 0 unspecified atom stereocenters. The van der Waals surface area contributed by atoms with Crippen molar-refractivity contribution in [1.29, 1.82) is 0 Å². The lowest BCUT2D eigenvalue weighted by atomic mass is 9.54. The number of esters is 2. The van der Waals surface area contributed by atoms with E-state index in [-0.39, 0.29) is 18.6 Å². The van der Waals surface area contributed by atoms with Crippen LogP contribution in [0.5, 0.6) is 5.75 Å². The molecule has 0 aliphatic heterocycles. The third-order valence-electron chi connectivity index (χ3n) is 8.45. The predicted molar refractivity (Wildman–Crippen MR) is 137 cm³/mol. The van der Waals surface area contributed by atoms with Crippen molar-refractivity contribution >= 4 is 34.2 Å². The monoisotopic (exact) mass is 511 g/mol. The van der Waals surface area contributed by atoms with Crippen molar-refractivity contribution in [2.45, 2.75) is 64.2 Å². The van der Waals surface area contributed by atoms with Crippen LogP contribution in [-0.2, 0) is 37.3 Å². The van der Waals surface area contributed by atoms with Gasteiger partial charge in [0, 0.05) is 4.88 Å². The van der Waals surface area contributed by atoms with Gasteiger partial charge >= 0.3 is 17.8 Å². The van der Waals surface area contributed by atoms with Crippen molar-refractivity contribution in [3.05, 3.63) is 45.3 Å². The van der Waals surface area contributed by atoms with Crippen LogP contribution >= 0.6 is 11.3 Å². The number of hydrogen-bond donors (Lipinski definition) is 1. The van der Waals surface area contributed by atoms with Gasteiger partial charge in [0.15, 0.2) is 0 Å². The molecule has 3 aliphatic carbocycles. The standard InChI is InChI=1S/C28H33NO6S/c1-5-34-26(31)22-23-21(36-25(22)29-24(30)27(32)35-6-2)14-20-19-9-7-15-13-16(33-4)8-10-17(15)18(19)11-12-28(20,23)3/h8,10,13,18-20H,5-7,9,11-12,14H2,1-4H3,(H,29,30)/t18-,19-,20-,28+/m0/s1. The highest BCUT2D eigenvalue weighted by molar-refractivity contribution is 7.17. The zero-order chi connectivity index (χ0) is 25.6. The van der Waals surface area contributed by atoms with Gasteiger partial charge in [0.1, 0.15) is 10.8 Å². The summed E-state index contributed by atoms with van der Waals surface area (Å²) in [6.07, 6.45) is 5.00. The Morgan fingerprint density at radius 1 is 1.14 bits per heavy atom. The quantitative estimate of drug-likeness (QED) is 0.449. The number of thiophene rings is 1. The largest absolute Gasteiger partial charge is 0.497 e. The summed E-state index contributed by atoms with van der Waals surface area (Å²) in [6, 6.07) is 6.49. The van der Waals surface area contributed by atoms with E-state index in [9.17, 15) is 14.4 Å². The first kappa shape index (κ1) is 24.8. The molecule has 1 aromatic heterocycles. The summed E-state index contributed by atoms with van der Waals surface area (Å²) < 4.78 is 15.7. The molecule has 0 bridgehead atoms. The van der Waals surface area contributed by atoms with E-state index >= 15 is 0 Å². The first-order chi connectivity index (χ1) is 17.3. The molecule has 0 spiro atoms. The molecular weight excluding hydrogens is 478 g/mol. The number of hydrogen-bond acceptors (Lipinski definition) is 7. The van der Waals surface area contributed by atoms with Gasteiger partial charge in [-0.25, -0.2) is 9.59 Å². The highest BCUT2D eigenvalue weighted by Gasteiger charge is 2.55. The maximum atomic E-state index is 13.2. The number of fused-ring (bicyclic) bond motifs is 7. The number of carbonyl (C=O) groups excluding carboxylic acids is 3. The Balaban J connectivity index is 1.49. The average molecular weight is 512 g/mol. The zero-order valence-electron chi connectivity index (χ0n) is 21.3. The number of nitrogens with one attached hydrogen (secondary N) is 1. The molecule has 1 heterocycles. The van der Waals surface area contributed by atoms with E-state index in [2.05, 4.69) is 30.4 Å². The summed E-state index contributed by atoms with van der Waals surface area (Å²) in [4.78, 5) is 38.7. The van der Waals surface area contributed by atoms with E-state index in [1.54, 1.807) is 21.0 Å². The van der Waals surface area contributed by atoms with Crippen LogP contribution in [0.4, 0.5) is 5.00 Å². The van der Waals surface area contributed by atoms with Gasteiger partial charge in [-0.3, -0.25) is 4.79 Å². The van der Waals surface area contributed by atoms with Crippen molar-refractivity contribution < 1.29 is 28.6 Å². The summed E-state index contributed by atoms with van der Waals surface area (Å²) in [5.41, 5.74) is 4.07. The second kappa shape index (κ2) is 9.54. The third-order valence-corrected chi connectivity index (χ3v) is 9.58. The molecule has 7 nitrogen and oxygen atoms in total. The molecule has 0 saturated heterocycles. The molecule has 2 aromatic rings. The fraction of sp³-hybridized carbons (Fsp3) is 0.536. The second-order valence-corrected chi connectivity index (χ2v) is 11.2. The molecule has 192 valence electrons. The first-order valence-electron chi connectivity index (χ1n) is 12.8. The second-order valence-electron chi connectivity index (χ2n) is 10.1. The minimum atomic E-state index is -0.956. The Morgan fingerprint density at radius 3 is 2.64 bits per heavy atom. The lowest BCUT2D eigenvalue weighted by Gasteiger charge is -2.49. The molecule has 5 rings (SSSR count). The number of benzene rings is 1. The Bertz CT molecular complexity index is 1220. The van der Waals surface area contributed by atoms with E-state index < -0.39 is 17.8 Å². The maximum absolute atomic E-state index is 13.2. The van der Waals surface area contributed by atoms with E-state index in [0.29, 0.717) is 28.3 Å². The molecule has 4 atom stereocenters. The molecule has 0 radical (unpaired) electrons. The SMILES string of the molecule is CCOC(=O)C(=O)Nc1sc2c(c1C(=O)OCC)[C@]1(C)CC[C@H]3c4ccc(OC)cc4CC[C@@H]3[C@@H]1C2. The predicted octanol–water partition coefficient (Wildman–Crippen LogP) is 5.01. The van der Waals surface area contributed by atoms with Crippen molar-refractivity contribution in [2.75, 3.05) is 25.6 Å². The van der Waals surface area contributed by atoms with Crippen LogP contribution in [0.2, 0.25) is 0 Å². The summed E-state index contributed by atoms with van der Waals surface area (Å²) in [7, 11) is 1.71. The Labute approximate surface area is 215 Å². The number of methoxy groups -OCH3 is 1. The first-order valence-corrected chi connectivity index (χ1v) is 13.6. The lowest BCUT2D eigenvalue weighted by molar-refractivity contribution is -0.152. The van der Waals surface area contributed by atoms with Crippen LogP contribution in [0, 0.1) is 11.8 Å². The van der Waals surface area contributed by atoms with Crippen LogP contribution < -0.4 is 10.1 Å². The molecule has 36 heavy (non-hydrogen) atoms. The van der Waals surface area contributed by atoms with Gasteiger partial charge < -0.3 is 19.5 Å². The topological polar surface area (TPSA) is 90.9 Å². The molecule has 1 fully saturated rings. The molecular formula is C28H33NO6S. The Hall–Kier alpha value is -2.87. The number of carbonyl (C=O) groups is 3. The van der Waals surface area contributed by atoms with Crippen LogP contribution in [-0.4, -0.2) is 38.2 Å². The average Bonchev–Trinajstić information content (AvgIpc) is 3.37. The lowest BCUT2D eigenvalue weighted by Crippen LogP contribution is -2.43. The van der Waals surface area contributed by atoms with Crippen LogP contribution in [0.3, 0.4) is 0 Å². The summed E-state index contributed by atoms with van der Waals surface area (Å²) >= 11 is 1.40.